The zero-order chi connectivity index (χ0) is 16.7. The molecule has 2 aromatic carbocycles. The Labute approximate surface area is 159 Å². The third-order valence-electron chi connectivity index (χ3n) is 3.29. The largest absolute Gasteiger partial charge is 0.370 e. The fourth-order valence-corrected chi connectivity index (χ4v) is 2.18. The van der Waals surface area contributed by atoms with Gasteiger partial charge in [-0.05, 0) is 41.8 Å². The van der Waals surface area contributed by atoms with Crippen LogP contribution in [0.5, 0.6) is 0 Å². The normalized spacial score (nSPS) is 10.7. The van der Waals surface area contributed by atoms with E-state index in [2.05, 4.69) is 34.7 Å². The molecule has 0 unspecified atom stereocenters. The summed E-state index contributed by atoms with van der Waals surface area (Å²) in [6.07, 6.45) is 0.975. The molecule has 0 radical (unpaired) electrons. The van der Waals surface area contributed by atoms with E-state index >= 15 is 0 Å². The van der Waals surface area contributed by atoms with Gasteiger partial charge in [0, 0.05) is 18.3 Å². The zero-order valence-corrected chi connectivity index (χ0v) is 16.2. The number of guanidine groups is 1. The Morgan fingerprint density at radius 3 is 2.25 bits per heavy atom. The van der Waals surface area contributed by atoms with Crippen LogP contribution in [0.15, 0.2) is 53.5 Å². The third-order valence-corrected chi connectivity index (χ3v) is 3.29. The average molecular weight is 438 g/mol. The SMILES string of the molecule is CCc1cccc(NC(N)=NCc2cccc(NC(C)=O)c2)c1.I. The predicted molar refractivity (Wildman–Crippen MR) is 111 cm³/mol. The van der Waals surface area contributed by atoms with E-state index in [9.17, 15) is 4.79 Å². The smallest absolute Gasteiger partial charge is 0.221 e. The molecule has 0 aliphatic heterocycles. The topological polar surface area (TPSA) is 79.5 Å². The molecule has 0 spiro atoms. The van der Waals surface area contributed by atoms with E-state index in [1.807, 2.05) is 36.4 Å². The van der Waals surface area contributed by atoms with Crippen molar-refractivity contribution in [3.8, 4) is 0 Å². The minimum absolute atomic E-state index is 0. The van der Waals surface area contributed by atoms with Gasteiger partial charge in [0.25, 0.3) is 0 Å². The highest BCUT2D eigenvalue weighted by Crippen LogP contribution is 2.13. The van der Waals surface area contributed by atoms with Crippen molar-refractivity contribution in [1.29, 1.82) is 0 Å². The molecule has 0 aliphatic carbocycles. The number of anilines is 2. The van der Waals surface area contributed by atoms with E-state index in [0.717, 1.165) is 23.4 Å². The van der Waals surface area contributed by atoms with Crippen LogP contribution in [0, 0.1) is 0 Å². The molecule has 6 heteroatoms. The minimum atomic E-state index is -0.0948. The highest BCUT2D eigenvalue weighted by Gasteiger charge is 1.99. The number of halogens is 1. The van der Waals surface area contributed by atoms with Crippen LogP contribution in [0.1, 0.15) is 25.0 Å². The van der Waals surface area contributed by atoms with Gasteiger partial charge in [-0.3, -0.25) is 4.79 Å². The molecular formula is C18H23IN4O. The monoisotopic (exact) mass is 438 g/mol. The number of benzene rings is 2. The number of rotatable bonds is 5. The summed E-state index contributed by atoms with van der Waals surface area (Å²) in [4.78, 5) is 15.4. The van der Waals surface area contributed by atoms with Crippen molar-refractivity contribution in [2.75, 3.05) is 10.6 Å². The van der Waals surface area contributed by atoms with Crippen LogP contribution < -0.4 is 16.4 Å². The predicted octanol–water partition coefficient (Wildman–Crippen LogP) is 3.75. The van der Waals surface area contributed by atoms with Gasteiger partial charge in [-0.25, -0.2) is 4.99 Å². The highest BCUT2D eigenvalue weighted by molar-refractivity contribution is 14.0. The summed E-state index contributed by atoms with van der Waals surface area (Å²) in [6.45, 7) is 4.04. The van der Waals surface area contributed by atoms with Gasteiger partial charge >= 0.3 is 0 Å². The number of aryl methyl sites for hydroxylation is 1. The molecule has 0 aliphatic rings. The van der Waals surface area contributed by atoms with Gasteiger partial charge in [-0.15, -0.1) is 24.0 Å². The summed E-state index contributed by atoms with van der Waals surface area (Å²) in [7, 11) is 0. The molecule has 2 aromatic rings. The molecule has 128 valence electrons. The lowest BCUT2D eigenvalue weighted by Gasteiger charge is -2.08. The maximum absolute atomic E-state index is 11.1. The van der Waals surface area contributed by atoms with Crippen LogP contribution in [0.25, 0.3) is 0 Å². The Kier molecular flexibility index (Phi) is 8.25. The van der Waals surface area contributed by atoms with E-state index in [0.29, 0.717) is 12.5 Å². The number of nitrogens with zero attached hydrogens (tertiary/aromatic N) is 1. The summed E-state index contributed by atoms with van der Waals surface area (Å²) < 4.78 is 0. The standard InChI is InChI=1S/C18H22N4O.HI/c1-3-14-6-4-9-17(10-14)22-18(19)20-12-15-7-5-8-16(11-15)21-13(2)23;/h4-11H,3,12H2,1-2H3,(H,21,23)(H3,19,20,22);1H. The third kappa shape index (κ3) is 6.57. The van der Waals surface area contributed by atoms with Gasteiger partial charge in [-0.2, -0.15) is 0 Å². The molecule has 0 bridgehead atoms. The summed E-state index contributed by atoms with van der Waals surface area (Å²) in [5.74, 6) is 0.269. The van der Waals surface area contributed by atoms with Crippen molar-refractivity contribution < 1.29 is 4.79 Å². The number of nitrogens with two attached hydrogens (primary N) is 1. The minimum Gasteiger partial charge on any atom is -0.370 e. The Morgan fingerprint density at radius 1 is 1.04 bits per heavy atom. The fourth-order valence-electron chi connectivity index (χ4n) is 2.18. The van der Waals surface area contributed by atoms with Crippen molar-refractivity contribution in [2.24, 2.45) is 10.7 Å². The van der Waals surface area contributed by atoms with Gasteiger partial charge in [-0.1, -0.05) is 31.2 Å². The van der Waals surface area contributed by atoms with Gasteiger partial charge in [0.1, 0.15) is 0 Å². The number of aliphatic imine (C=N–C) groups is 1. The first kappa shape index (κ1) is 20.0. The van der Waals surface area contributed by atoms with Gasteiger partial charge in [0.2, 0.25) is 5.91 Å². The van der Waals surface area contributed by atoms with Crippen molar-refractivity contribution in [3.05, 3.63) is 59.7 Å². The maximum Gasteiger partial charge on any atom is 0.221 e. The number of carbonyl (C=O) groups is 1. The number of carbonyl (C=O) groups excluding carboxylic acids is 1. The summed E-state index contributed by atoms with van der Waals surface area (Å²) in [5, 5.41) is 5.84. The second kappa shape index (κ2) is 9.92. The average Bonchev–Trinajstić information content (AvgIpc) is 2.53. The Bertz CT molecular complexity index is 716. The molecule has 0 fully saturated rings. The number of nitrogens with one attached hydrogen (secondary N) is 2. The van der Waals surface area contributed by atoms with Crippen LogP contribution in [-0.2, 0) is 17.8 Å². The van der Waals surface area contributed by atoms with Crippen LogP contribution in [0.4, 0.5) is 11.4 Å². The van der Waals surface area contributed by atoms with Gasteiger partial charge in [0.15, 0.2) is 5.96 Å². The molecule has 0 aromatic heterocycles. The number of amides is 1. The quantitative estimate of drug-likeness (QED) is 0.378. The van der Waals surface area contributed by atoms with Gasteiger partial charge in [0.05, 0.1) is 6.54 Å². The molecule has 0 saturated carbocycles. The first-order valence-electron chi connectivity index (χ1n) is 7.59. The van der Waals surface area contributed by atoms with Crippen molar-refractivity contribution >= 4 is 47.2 Å². The molecule has 4 N–H and O–H groups in total. The van der Waals surface area contributed by atoms with E-state index in [1.54, 1.807) is 0 Å². The second-order valence-electron chi connectivity index (χ2n) is 5.26. The molecule has 1 amide bonds. The van der Waals surface area contributed by atoms with E-state index in [-0.39, 0.29) is 29.9 Å². The fraction of sp³-hybridized carbons (Fsp3) is 0.222. The summed E-state index contributed by atoms with van der Waals surface area (Å²) in [6, 6.07) is 15.6. The van der Waals surface area contributed by atoms with E-state index in [4.69, 9.17) is 5.73 Å². The number of hydrogen-bond acceptors (Lipinski definition) is 2. The van der Waals surface area contributed by atoms with Crippen LogP contribution in [0.3, 0.4) is 0 Å². The molecular weight excluding hydrogens is 415 g/mol. The van der Waals surface area contributed by atoms with Gasteiger partial charge < -0.3 is 16.4 Å². The summed E-state index contributed by atoms with van der Waals surface area (Å²) in [5.41, 5.74) is 9.83. The molecule has 0 heterocycles. The second-order valence-corrected chi connectivity index (χ2v) is 5.26. The molecule has 2 rings (SSSR count). The van der Waals surface area contributed by atoms with Crippen molar-refractivity contribution in [1.82, 2.24) is 0 Å². The van der Waals surface area contributed by atoms with Crippen molar-refractivity contribution in [2.45, 2.75) is 26.8 Å². The summed E-state index contributed by atoms with van der Waals surface area (Å²) >= 11 is 0. The zero-order valence-electron chi connectivity index (χ0n) is 13.9. The first-order chi connectivity index (χ1) is 11.1. The van der Waals surface area contributed by atoms with Crippen LogP contribution >= 0.6 is 24.0 Å². The van der Waals surface area contributed by atoms with E-state index in [1.165, 1.54) is 12.5 Å². The first-order valence-corrected chi connectivity index (χ1v) is 7.59. The Hall–Kier alpha value is -2.09. The Balaban J connectivity index is 0.00000288. The maximum atomic E-state index is 11.1. The lowest BCUT2D eigenvalue weighted by atomic mass is 10.1. The molecule has 5 nitrogen and oxygen atoms in total. The molecule has 24 heavy (non-hydrogen) atoms. The van der Waals surface area contributed by atoms with Crippen LogP contribution in [0.2, 0.25) is 0 Å². The van der Waals surface area contributed by atoms with E-state index < -0.39 is 0 Å². The molecule has 0 saturated heterocycles. The Morgan fingerprint density at radius 2 is 1.62 bits per heavy atom. The van der Waals surface area contributed by atoms with Crippen LogP contribution in [-0.4, -0.2) is 11.9 Å². The van der Waals surface area contributed by atoms with Crippen molar-refractivity contribution in [3.63, 3.8) is 0 Å². The number of hydrogen-bond donors (Lipinski definition) is 3. The highest BCUT2D eigenvalue weighted by atomic mass is 127. The lowest BCUT2D eigenvalue weighted by molar-refractivity contribution is -0.114. The lowest BCUT2D eigenvalue weighted by Crippen LogP contribution is -2.22. The molecule has 0 atom stereocenters.